The van der Waals surface area contributed by atoms with Crippen molar-refractivity contribution in [3.63, 3.8) is 0 Å². The molecule has 0 saturated carbocycles. The lowest BCUT2D eigenvalue weighted by atomic mass is 10.1. The second-order valence-electron chi connectivity index (χ2n) is 7.83. The van der Waals surface area contributed by atoms with E-state index in [-0.39, 0.29) is 18.0 Å². The number of ether oxygens (including phenoxy) is 2. The fourth-order valence-electron chi connectivity index (χ4n) is 3.96. The molecule has 7 heteroatoms. The van der Waals surface area contributed by atoms with Crippen LogP contribution in [0, 0.1) is 0 Å². The number of rotatable bonds is 7. The van der Waals surface area contributed by atoms with E-state index in [1.165, 1.54) is 0 Å². The molecule has 0 radical (unpaired) electrons. The molecule has 3 aromatic rings. The van der Waals surface area contributed by atoms with Gasteiger partial charge in [0.05, 0.1) is 0 Å². The SMILES string of the molecule is CCCC(NC(=O)OCc1ccccc1)C(=O)Oc1ccc2c3c(c(=O)oc2c1)CCC3. The summed E-state index contributed by atoms with van der Waals surface area (Å²) in [6, 6.07) is 13.5. The van der Waals surface area contributed by atoms with Gasteiger partial charge >= 0.3 is 17.7 Å². The maximum Gasteiger partial charge on any atom is 0.408 e. The summed E-state index contributed by atoms with van der Waals surface area (Å²) in [4.78, 5) is 37.1. The molecule has 2 aromatic carbocycles. The molecule has 1 amide bonds. The van der Waals surface area contributed by atoms with Crippen molar-refractivity contribution in [2.24, 2.45) is 0 Å². The average molecular weight is 435 g/mol. The molecule has 1 aliphatic rings. The first-order valence-corrected chi connectivity index (χ1v) is 10.8. The summed E-state index contributed by atoms with van der Waals surface area (Å²) in [6.07, 6.45) is 2.87. The van der Waals surface area contributed by atoms with Crippen molar-refractivity contribution in [3.8, 4) is 5.75 Å². The summed E-state index contributed by atoms with van der Waals surface area (Å²) in [5.74, 6) is -0.351. The van der Waals surface area contributed by atoms with E-state index in [2.05, 4.69) is 5.32 Å². The Morgan fingerprint density at radius 1 is 1.09 bits per heavy atom. The molecule has 0 bridgehead atoms. The van der Waals surface area contributed by atoms with Crippen LogP contribution in [0.1, 0.15) is 42.9 Å². The average Bonchev–Trinajstić information content (AvgIpc) is 3.29. The Balaban J connectivity index is 1.43. The summed E-state index contributed by atoms with van der Waals surface area (Å²) in [5, 5.41) is 3.44. The van der Waals surface area contributed by atoms with Gasteiger partial charge in [-0.05, 0) is 48.9 Å². The van der Waals surface area contributed by atoms with Crippen LogP contribution in [0.15, 0.2) is 57.7 Å². The molecule has 1 N–H and O–H groups in total. The topological polar surface area (TPSA) is 94.8 Å². The number of carbonyl (C=O) groups is 2. The fourth-order valence-corrected chi connectivity index (χ4v) is 3.96. The Bertz CT molecular complexity index is 1180. The van der Waals surface area contributed by atoms with Crippen molar-refractivity contribution in [1.82, 2.24) is 5.32 Å². The number of amides is 1. The van der Waals surface area contributed by atoms with Gasteiger partial charge < -0.3 is 19.2 Å². The molecule has 32 heavy (non-hydrogen) atoms. The summed E-state index contributed by atoms with van der Waals surface area (Å²) < 4.78 is 16.1. The first-order chi connectivity index (χ1) is 15.5. The predicted molar refractivity (Wildman–Crippen MR) is 119 cm³/mol. The Hall–Kier alpha value is -3.61. The zero-order valence-corrected chi connectivity index (χ0v) is 17.9. The second-order valence-corrected chi connectivity index (χ2v) is 7.83. The smallest absolute Gasteiger partial charge is 0.408 e. The quantitative estimate of drug-likeness (QED) is 0.338. The third kappa shape index (κ3) is 4.82. The molecule has 1 heterocycles. The summed E-state index contributed by atoms with van der Waals surface area (Å²) in [7, 11) is 0. The van der Waals surface area contributed by atoms with Gasteiger partial charge in [-0.15, -0.1) is 0 Å². The van der Waals surface area contributed by atoms with E-state index < -0.39 is 18.1 Å². The van der Waals surface area contributed by atoms with Crippen molar-refractivity contribution >= 4 is 23.0 Å². The van der Waals surface area contributed by atoms with Crippen LogP contribution in [0.5, 0.6) is 5.75 Å². The van der Waals surface area contributed by atoms with Gasteiger partial charge in [0.2, 0.25) is 0 Å². The van der Waals surface area contributed by atoms with Gasteiger partial charge in [0.1, 0.15) is 24.0 Å². The fraction of sp³-hybridized carbons (Fsp3) is 0.320. The normalized spacial score (nSPS) is 13.4. The van der Waals surface area contributed by atoms with Gasteiger partial charge in [-0.25, -0.2) is 14.4 Å². The van der Waals surface area contributed by atoms with Crippen LogP contribution < -0.4 is 15.7 Å². The Morgan fingerprint density at radius 3 is 2.66 bits per heavy atom. The highest BCUT2D eigenvalue weighted by Gasteiger charge is 2.24. The molecule has 4 rings (SSSR count). The van der Waals surface area contributed by atoms with Crippen molar-refractivity contribution in [1.29, 1.82) is 0 Å². The summed E-state index contributed by atoms with van der Waals surface area (Å²) in [5.41, 5.74) is 2.66. The lowest BCUT2D eigenvalue weighted by Crippen LogP contribution is -2.43. The Labute approximate surface area is 185 Å². The molecule has 7 nitrogen and oxygen atoms in total. The minimum Gasteiger partial charge on any atom is -0.445 e. The van der Waals surface area contributed by atoms with Crippen LogP contribution in [0.3, 0.4) is 0 Å². The lowest BCUT2D eigenvalue weighted by molar-refractivity contribution is -0.136. The zero-order chi connectivity index (χ0) is 22.5. The van der Waals surface area contributed by atoms with E-state index in [1.807, 2.05) is 37.3 Å². The van der Waals surface area contributed by atoms with Gasteiger partial charge in [0.25, 0.3) is 0 Å². The highest BCUT2D eigenvalue weighted by molar-refractivity contribution is 5.86. The van der Waals surface area contributed by atoms with E-state index in [1.54, 1.807) is 18.2 Å². The third-order valence-corrected chi connectivity index (χ3v) is 5.53. The van der Waals surface area contributed by atoms with Gasteiger partial charge in [-0.2, -0.15) is 0 Å². The molecule has 1 atom stereocenters. The maximum absolute atomic E-state index is 12.7. The number of nitrogens with one attached hydrogen (secondary N) is 1. The Morgan fingerprint density at radius 2 is 1.88 bits per heavy atom. The Kier molecular flexibility index (Phi) is 6.54. The number of esters is 1. The van der Waals surface area contributed by atoms with Crippen LogP contribution in [0.25, 0.3) is 11.0 Å². The highest BCUT2D eigenvalue weighted by atomic mass is 16.6. The van der Waals surface area contributed by atoms with E-state index in [4.69, 9.17) is 13.9 Å². The minimum atomic E-state index is -0.856. The van der Waals surface area contributed by atoms with Crippen LogP contribution in [0.2, 0.25) is 0 Å². The number of carbonyl (C=O) groups excluding carboxylic acids is 2. The number of alkyl carbamates (subject to hydrolysis) is 1. The van der Waals surface area contributed by atoms with Crippen LogP contribution in [-0.2, 0) is 29.0 Å². The van der Waals surface area contributed by atoms with Crippen molar-refractivity contribution in [2.75, 3.05) is 0 Å². The predicted octanol–water partition coefficient (Wildman–Crippen LogP) is 4.28. The monoisotopic (exact) mass is 435 g/mol. The molecule has 1 unspecified atom stereocenters. The van der Waals surface area contributed by atoms with E-state index >= 15 is 0 Å². The van der Waals surface area contributed by atoms with Gasteiger partial charge in [0, 0.05) is 17.0 Å². The molecule has 0 saturated heterocycles. The molecule has 1 aromatic heterocycles. The molecule has 1 aliphatic carbocycles. The van der Waals surface area contributed by atoms with E-state index in [9.17, 15) is 14.4 Å². The molecule has 0 fully saturated rings. The van der Waals surface area contributed by atoms with Gasteiger partial charge in [-0.1, -0.05) is 43.7 Å². The number of hydrogen-bond acceptors (Lipinski definition) is 6. The van der Waals surface area contributed by atoms with Gasteiger partial charge in [-0.3, -0.25) is 0 Å². The molecule has 0 aliphatic heterocycles. The van der Waals surface area contributed by atoms with Crippen LogP contribution in [-0.4, -0.2) is 18.1 Å². The highest BCUT2D eigenvalue weighted by Crippen LogP contribution is 2.29. The number of aryl methyl sites for hydroxylation is 1. The van der Waals surface area contributed by atoms with E-state index in [0.29, 0.717) is 18.4 Å². The third-order valence-electron chi connectivity index (χ3n) is 5.53. The first kappa shape index (κ1) is 21.6. The van der Waals surface area contributed by atoms with Crippen LogP contribution in [0.4, 0.5) is 4.79 Å². The molecular weight excluding hydrogens is 410 g/mol. The van der Waals surface area contributed by atoms with Crippen LogP contribution >= 0.6 is 0 Å². The lowest BCUT2D eigenvalue weighted by Gasteiger charge is -2.17. The number of hydrogen-bond donors (Lipinski definition) is 1. The number of fused-ring (bicyclic) bond motifs is 3. The molecule has 166 valence electrons. The summed E-state index contributed by atoms with van der Waals surface area (Å²) in [6.45, 7) is 2.01. The minimum absolute atomic E-state index is 0.106. The van der Waals surface area contributed by atoms with Gasteiger partial charge in [0.15, 0.2) is 0 Å². The second kappa shape index (κ2) is 9.68. The maximum atomic E-state index is 12.7. The first-order valence-electron chi connectivity index (χ1n) is 10.8. The molecular formula is C25H25NO6. The summed E-state index contributed by atoms with van der Waals surface area (Å²) >= 11 is 0. The van der Waals surface area contributed by atoms with Crippen molar-refractivity contribution in [2.45, 2.75) is 51.7 Å². The molecule has 0 spiro atoms. The van der Waals surface area contributed by atoms with Crippen molar-refractivity contribution in [3.05, 3.63) is 75.6 Å². The van der Waals surface area contributed by atoms with Crippen molar-refractivity contribution < 1.29 is 23.5 Å². The standard InChI is InChI=1S/C25H25NO6/c1-2-7-21(26-25(29)30-15-16-8-4-3-5-9-16)24(28)31-17-12-13-19-18-10-6-11-20(18)23(27)32-22(19)14-17/h3-5,8-9,12-14,21H,2,6-7,10-11,15H2,1H3,(H,26,29). The zero-order valence-electron chi connectivity index (χ0n) is 17.9. The van der Waals surface area contributed by atoms with E-state index in [0.717, 1.165) is 41.3 Å². The largest absolute Gasteiger partial charge is 0.445 e. The number of benzene rings is 2.